The van der Waals surface area contributed by atoms with Gasteiger partial charge in [0, 0.05) is 11.1 Å². The molecular weight excluding hydrogens is 302 g/mol. The molecule has 0 atom stereocenters. The van der Waals surface area contributed by atoms with Gasteiger partial charge in [0.15, 0.2) is 0 Å². The predicted molar refractivity (Wildman–Crippen MR) is 97.7 cm³/mol. The number of benzene rings is 2. The number of hydrogen-bond acceptors (Lipinski definition) is 3. The first kappa shape index (κ1) is 19.6. The number of para-hydroxylation sites is 2. The van der Waals surface area contributed by atoms with Crippen molar-refractivity contribution in [1.82, 2.24) is 5.32 Å². The monoisotopic (exact) mass is 329 g/mol. The Hall–Kier alpha value is -2.49. The third kappa shape index (κ3) is 4.51. The van der Waals surface area contributed by atoms with Gasteiger partial charge < -0.3 is 14.8 Å². The number of ether oxygens (including phenoxy) is 2. The van der Waals surface area contributed by atoms with Gasteiger partial charge in [0.05, 0.1) is 12.6 Å². The average molecular weight is 329 g/mol. The van der Waals surface area contributed by atoms with Crippen LogP contribution in [0.4, 0.5) is 4.79 Å². The number of hydrogen-bond donors (Lipinski definition) is 1. The highest BCUT2D eigenvalue weighted by atomic mass is 16.5. The van der Waals surface area contributed by atoms with Crippen LogP contribution in [0.3, 0.4) is 0 Å². The van der Waals surface area contributed by atoms with Crippen molar-refractivity contribution in [3.05, 3.63) is 59.7 Å². The normalized spacial score (nSPS) is 11.2. The minimum Gasteiger partial charge on any atom is -0.457 e. The lowest BCUT2D eigenvalue weighted by Crippen LogP contribution is -2.31. The van der Waals surface area contributed by atoms with Crippen molar-refractivity contribution in [2.75, 3.05) is 6.61 Å². The number of alkyl carbamates (subject to hydrolysis) is 1. The maximum atomic E-state index is 11.8. The summed E-state index contributed by atoms with van der Waals surface area (Å²) in [5, 5.41) is 2.89. The summed E-state index contributed by atoms with van der Waals surface area (Å²) < 4.78 is 10.8. The summed E-state index contributed by atoms with van der Waals surface area (Å²) in [6, 6.07) is 15.1. The van der Waals surface area contributed by atoms with Crippen molar-refractivity contribution in [2.45, 2.75) is 40.7 Å². The Morgan fingerprint density at radius 1 is 0.958 bits per heavy atom. The van der Waals surface area contributed by atoms with E-state index in [1.807, 2.05) is 76.2 Å². The predicted octanol–water partition coefficient (Wildman–Crippen LogP) is 5.68. The summed E-state index contributed by atoms with van der Waals surface area (Å²) in [6.45, 7) is 10.1. The van der Waals surface area contributed by atoms with Gasteiger partial charge in [-0.2, -0.15) is 0 Å². The molecule has 0 unspecified atom stereocenters. The molecule has 24 heavy (non-hydrogen) atoms. The number of fused-ring (bicyclic) bond motifs is 2. The highest BCUT2D eigenvalue weighted by Gasteiger charge is 2.28. The van der Waals surface area contributed by atoms with Crippen molar-refractivity contribution in [2.24, 2.45) is 0 Å². The van der Waals surface area contributed by atoms with Gasteiger partial charge in [-0.15, -0.1) is 0 Å². The molecule has 0 spiro atoms. The third-order valence-electron chi connectivity index (χ3n) is 3.22. The van der Waals surface area contributed by atoms with Crippen LogP contribution in [0, 0.1) is 0 Å². The Balaban J connectivity index is 0.000000671. The maximum Gasteiger partial charge on any atom is 0.407 e. The van der Waals surface area contributed by atoms with Crippen molar-refractivity contribution in [3.8, 4) is 11.5 Å². The second-order valence-corrected chi connectivity index (χ2v) is 4.48. The van der Waals surface area contributed by atoms with E-state index in [0.29, 0.717) is 6.61 Å². The van der Waals surface area contributed by atoms with Gasteiger partial charge in [-0.1, -0.05) is 64.1 Å². The van der Waals surface area contributed by atoms with E-state index in [1.54, 1.807) is 6.92 Å². The van der Waals surface area contributed by atoms with Crippen LogP contribution in [-0.2, 0) is 4.74 Å². The Labute approximate surface area is 144 Å². The molecule has 0 aliphatic carbocycles. The van der Waals surface area contributed by atoms with Gasteiger partial charge in [-0.05, 0) is 19.1 Å². The Morgan fingerprint density at radius 2 is 1.42 bits per heavy atom. The van der Waals surface area contributed by atoms with E-state index in [0.717, 1.165) is 22.6 Å². The fraction of sp³-hybridized carbons (Fsp3) is 0.350. The van der Waals surface area contributed by atoms with E-state index in [9.17, 15) is 4.79 Å². The first-order valence-corrected chi connectivity index (χ1v) is 8.58. The first-order chi connectivity index (χ1) is 11.8. The number of amides is 1. The highest BCUT2D eigenvalue weighted by Crippen LogP contribution is 2.42. The van der Waals surface area contributed by atoms with Gasteiger partial charge in [-0.3, -0.25) is 0 Å². The topological polar surface area (TPSA) is 47.6 Å². The van der Waals surface area contributed by atoms with Gasteiger partial charge in [0.2, 0.25) is 0 Å². The lowest BCUT2D eigenvalue weighted by atomic mass is 9.95. The largest absolute Gasteiger partial charge is 0.457 e. The molecule has 0 aromatic heterocycles. The number of carbonyl (C=O) groups excluding carboxylic acids is 1. The zero-order valence-corrected chi connectivity index (χ0v) is 15.1. The zero-order chi connectivity index (χ0) is 17.9. The van der Waals surface area contributed by atoms with Crippen LogP contribution >= 0.6 is 0 Å². The standard InChI is InChI=1S/C16H15NO3.2C2H6/c1-2-19-16(18)17-15-11-7-3-5-9-13(11)20-14-10-6-4-8-12(14)15;2*1-2/h3-10,15H,2H2,1H3,(H,17,18);2*1-2H3. The fourth-order valence-electron chi connectivity index (χ4n) is 2.36. The molecule has 3 rings (SSSR count). The molecule has 1 heterocycles. The molecule has 0 bridgehead atoms. The second kappa shape index (κ2) is 10.3. The van der Waals surface area contributed by atoms with Crippen LogP contribution in [0.1, 0.15) is 51.8 Å². The third-order valence-corrected chi connectivity index (χ3v) is 3.22. The van der Waals surface area contributed by atoms with Gasteiger partial charge in [-0.25, -0.2) is 4.79 Å². The van der Waals surface area contributed by atoms with Crippen LogP contribution in [0.2, 0.25) is 0 Å². The van der Waals surface area contributed by atoms with Crippen LogP contribution < -0.4 is 10.1 Å². The molecule has 0 saturated heterocycles. The molecule has 130 valence electrons. The van der Waals surface area contributed by atoms with Crippen LogP contribution in [0.15, 0.2) is 48.5 Å². The summed E-state index contributed by atoms with van der Waals surface area (Å²) in [5.74, 6) is 1.51. The van der Waals surface area contributed by atoms with Gasteiger partial charge in [0.25, 0.3) is 0 Å². The van der Waals surface area contributed by atoms with E-state index in [2.05, 4.69) is 5.32 Å². The molecule has 0 saturated carbocycles. The van der Waals surface area contributed by atoms with Crippen LogP contribution in [0.5, 0.6) is 11.5 Å². The van der Waals surface area contributed by atoms with Crippen LogP contribution in [-0.4, -0.2) is 12.7 Å². The van der Waals surface area contributed by atoms with E-state index < -0.39 is 6.09 Å². The minimum atomic E-state index is -0.427. The number of carbonyl (C=O) groups is 1. The van der Waals surface area contributed by atoms with Crippen LogP contribution in [0.25, 0.3) is 0 Å². The maximum absolute atomic E-state index is 11.8. The molecular formula is C20H27NO3. The summed E-state index contributed by atoms with van der Waals surface area (Å²) in [4.78, 5) is 11.8. The molecule has 2 aromatic rings. The van der Waals surface area contributed by atoms with E-state index >= 15 is 0 Å². The van der Waals surface area contributed by atoms with E-state index in [1.165, 1.54) is 0 Å². The second-order valence-electron chi connectivity index (χ2n) is 4.48. The zero-order valence-electron chi connectivity index (χ0n) is 15.1. The molecule has 1 amide bonds. The average Bonchev–Trinajstić information content (AvgIpc) is 2.65. The lowest BCUT2D eigenvalue weighted by molar-refractivity contribution is 0.149. The summed E-state index contributed by atoms with van der Waals surface area (Å²) >= 11 is 0. The highest BCUT2D eigenvalue weighted by molar-refractivity contribution is 5.70. The molecule has 1 aliphatic rings. The molecule has 1 aliphatic heterocycles. The molecule has 4 nitrogen and oxygen atoms in total. The van der Waals surface area contributed by atoms with E-state index in [4.69, 9.17) is 9.47 Å². The quantitative estimate of drug-likeness (QED) is 0.771. The van der Waals surface area contributed by atoms with Crippen molar-refractivity contribution >= 4 is 6.09 Å². The molecule has 0 radical (unpaired) electrons. The summed E-state index contributed by atoms with van der Waals surface area (Å²) in [6.07, 6.45) is -0.427. The Bertz CT molecular complexity index is 595. The lowest BCUT2D eigenvalue weighted by Gasteiger charge is -2.28. The summed E-state index contributed by atoms with van der Waals surface area (Å²) in [5.41, 5.74) is 1.86. The minimum absolute atomic E-state index is 0.254. The van der Waals surface area contributed by atoms with Gasteiger partial charge >= 0.3 is 6.09 Å². The number of nitrogens with one attached hydrogen (secondary N) is 1. The SMILES string of the molecule is CC.CC.CCOC(=O)NC1c2ccccc2Oc2ccccc21. The molecule has 0 fully saturated rings. The molecule has 2 aromatic carbocycles. The fourth-order valence-corrected chi connectivity index (χ4v) is 2.36. The van der Waals surface area contributed by atoms with Crippen molar-refractivity contribution in [3.63, 3.8) is 0 Å². The van der Waals surface area contributed by atoms with E-state index in [-0.39, 0.29) is 6.04 Å². The molecule has 1 N–H and O–H groups in total. The molecule has 4 heteroatoms. The Kier molecular flexibility index (Phi) is 8.41. The Morgan fingerprint density at radius 3 is 1.88 bits per heavy atom. The van der Waals surface area contributed by atoms with Crippen molar-refractivity contribution in [1.29, 1.82) is 0 Å². The number of rotatable bonds is 2. The summed E-state index contributed by atoms with van der Waals surface area (Å²) in [7, 11) is 0. The smallest absolute Gasteiger partial charge is 0.407 e. The first-order valence-electron chi connectivity index (χ1n) is 8.58. The van der Waals surface area contributed by atoms with Crippen molar-refractivity contribution < 1.29 is 14.3 Å². The van der Waals surface area contributed by atoms with Gasteiger partial charge in [0.1, 0.15) is 11.5 Å².